The molecule has 0 fully saturated rings. The number of guanidine groups is 1. The first-order chi connectivity index (χ1) is 12.0. The first-order valence-corrected chi connectivity index (χ1v) is 9.02. The topological polar surface area (TPSA) is 61.8 Å². The summed E-state index contributed by atoms with van der Waals surface area (Å²) >= 11 is 1.69. The molecule has 0 aliphatic heterocycles. The van der Waals surface area contributed by atoms with Crippen LogP contribution < -0.4 is 15.4 Å². The Balaban J connectivity index is 1.99. The number of likely N-dealkylation sites (N-methyl/N-ethyl adjacent to an activating group) is 1. The summed E-state index contributed by atoms with van der Waals surface area (Å²) in [6.07, 6.45) is 1.89. The zero-order chi connectivity index (χ0) is 18.2. The Bertz CT molecular complexity index is 698. The van der Waals surface area contributed by atoms with Gasteiger partial charge < -0.3 is 20.3 Å². The minimum absolute atomic E-state index is 0.164. The van der Waals surface area contributed by atoms with Crippen LogP contribution in [0.5, 0.6) is 5.75 Å². The number of hydrogen-bond acceptors (Lipinski definition) is 5. The minimum Gasteiger partial charge on any atom is -0.496 e. The van der Waals surface area contributed by atoms with Gasteiger partial charge in [0.25, 0.3) is 0 Å². The van der Waals surface area contributed by atoms with E-state index in [-0.39, 0.29) is 6.04 Å². The molecule has 6 nitrogen and oxygen atoms in total. The lowest BCUT2D eigenvalue weighted by Crippen LogP contribution is -2.41. The standard InChI is InChI=1S/C18H27N5OS/c1-13-10-20-17(25-13)12-22-18(19-2)21-11-15(23(3)4)14-8-6-7-9-16(14)24-5/h6-10,15H,11-12H2,1-5H3,(H2,19,21,22). The van der Waals surface area contributed by atoms with Gasteiger partial charge in [-0.2, -0.15) is 0 Å². The third-order valence-corrected chi connectivity index (χ3v) is 4.80. The maximum absolute atomic E-state index is 5.51. The van der Waals surface area contributed by atoms with E-state index in [0.29, 0.717) is 13.1 Å². The SMILES string of the molecule is CN=C(NCc1ncc(C)s1)NCC(c1ccccc1OC)N(C)C. The Morgan fingerprint density at radius 2 is 2.08 bits per heavy atom. The number of rotatable bonds is 7. The van der Waals surface area contributed by atoms with Crippen molar-refractivity contribution in [1.29, 1.82) is 0 Å². The molecule has 2 N–H and O–H groups in total. The van der Waals surface area contributed by atoms with Crippen LogP contribution in [-0.4, -0.2) is 50.6 Å². The van der Waals surface area contributed by atoms with Crippen molar-refractivity contribution in [2.75, 3.05) is 34.8 Å². The zero-order valence-corrected chi connectivity index (χ0v) is 16.4. The van der Waals surface area contributed by atoms with Crippen molar-refractivity contribution in [3.05, 3.63) is 45.9 Å². The van der Waals surface area contributed by atoms with E-state index >= 15 is 0 Å². The normalized spacial score (nSPS) is 13.0. The molecule has 136 valence electrons. The van der Waals surface area contributed by atoms with Crippen LogP contribution >= 0.6 is 11.3 Å². The van der Waals surface area contributed by atoms with Crippen LogP contribution in [-0.2, 0) is 6.54 Å². The molecule has 1 unspecified atom stereocenters. The van der Waals surface area contributed by atoms with Gasteiger partial charge in [0.1, 0.15) is 10.8 Å². The predicted molar refractivity (Wildman–Crippen MR) is 104 cm³/mol. The molecule has 0 spiro atoms. The van der Waals surface area contributed by atoms with Gasteiger partial charge >= 0.3 is 0 Å². The van der Waals surface area contributed by atoms with E-state index in [0.717, 1.165) is 22.3 Å². The summed E-state index contributed by atoms with van der Waals surface area (Å²) < 4.78 is 5.51. The van der Waals surface area contributed by atoms with Gasteiger partial charge in [0.05, 0.1) is 19.7 Å². The van der Waals surface area contributed by atoms with E-state index in [1.54, 1.807) is 25.5 Å². The molecule has 7 heteroatoms. The second-order valence-corrected chi connectivity index (χ2v) is 7.21. The number of nitrogens with one attached hydrogen (secondary N) is 2. The van der Waals surface area contributed by atoms with Gasteiger partial charge in [0.2, 0.25) is 0 Å². The van der Waals surface area contributed by atoms with Gasteiger partial charge in [-0.25, -0.2) is 4.98 Å². The summed E-state index contributed by atoms with van der Waals surface area (Å²) in [6.45, 7) is 3.44. The van der Waals surface area contributed by atoms with E-state index in [1.807, 2.05) is 24.4 Å². The summed E-state index contributed by atoms with van der Waals surface area (Å²) in [5.41, 5.74) is 1.15. The molecule has 1 atom stereocenters. The van der Waals surface area contributed by atoms with Gasteiger partial charge in [-0.15, -0.1) is 11.3 Å². The third-order valence-electron chi connectivity index (χ3n) is 3.88. The lowest BCUT2D eigenvalue weighted by molar-refractivity contribution is 0.287. The Kier molecular flexibility index (Phi) is 7.21. The van der Waals surface area contributed by atoms with Gasteiger partial charge in [-0.1, -0.05) is 18.2 Å². The number of thiazole rings is 1. The Hall–Kier alpha value is -2.12. The fourth-order valence-corrected chi connectivity index (χ4v) is 3.30. The monoisotopic (exact) mass is 361 g/mol. The lowest BCUT2D eigenvalue weighted by atomic mass is 10.0. The molecule has 0 amide bonds. The number of nitrogens with zero attached hydrogens (tertiary/aromatic N) is 3. The van der Waals surface area contributed by atoms with Crippen molar-refractivity contribution in [1.82, 2.24) is 20.5 Å². The highest BCUT2D eigenvalue weighted by Crippen LogP contribution is 2.27. The molecule has 1 aromatic heterocycles. The van der Waals surface area contributed by atoms with Gasteiger partial charge in [0.15, 0.2) is 5.96 Å². The molecule has 0 bridgehead atoms. The van der Waals surface area contributed by atoms with E-state index in [9.17, 15) is 0 Å². The van der Waals surface area contributed by atoms with Crippen LogP contribution in [0.2, 0.25) is 0 Å². The number of methoxy groups -OCH3 is 1. The number of hydrogen-bond donors (Lipinski definition) is 2. The number of aryl methyl sites for hydroxylation is 1. The van der Waals surface area contributed by atoms with Crippen LogP contribution in [0.25, 0.3) is 0 Å². The smallest absolute Gasteiger partial charge is 0.191 e. The van der Waals surface area contributed by atoms with Gasteiger partial charge in [0, 0.05) is 30.2 Å². The molecule has 2 aromatic rings. The van der Waals surface area contributed by atoms with Crippen molar-refractivity contribution < 1.29 is 4.74 Å². The van der Waals surface area contributed by atoms with Crippen LogP contribution in [0.1, 0.15) is 21.5 Å². The highest BCUT2D eigenvalue weighted by atomic mass is 32.1. The van der Waals surface area contributed by atoms with Crippen molar-refractivity contribution in [3.8, 4) is 5.75 Å². The fraction of sp³-hybridized carbons (Fsp3) is 0.444. The summed E-state index contributed by atoms with van der Waals surface area (Å²) in [5, 5.41) is 7.76. The molecular formula is C18H27N5OS. The molecule has 25 heavy (non-hydrogen) atoms. The van der Waals surface area contributed by atoms with E-state index in [1.165, 1.54) is 4.88 Å². The Morgan fingerprint density at radius 3 is 2.68 bits per heavy atom. The maximum atomic E-state index is 5.51. The largest absolute Gasteiger partial charge is 0.496 e. The summed E-state index contributed by atoms with van der Waals surface area (Å²) in [5.74, 6) is 1.65. The first kappa shape index (κ1) is 19.2. The average molecular weight is 362 g/mol. The van der Waals surface area contributed by atoms with Crippen LogP contribution in [0.4, 0.5) is 0 Å². The minimum atomic E-state index is 0.164. The van der Waals surface area contributed by atoms with Crippen LogP contribution in [0, 0.1) is 6.92 Å². The molecule has 0 saturated carbocycles. The highest BCUT2D eigenvalue weighted by molar-refractivity contribution is 7.11. The second-order valence-electron chi connectivity index (χ2n) is 5.89. The van der Waals surface area contributed by atoms with Crippen LogP contribution in [0.3, 0.4) is 0 Å². The summed E-state index contributed by atoms with van der Waals surface area (Å²) in [7, 11) is 7.60. The lowest BCUT2D eigenvalue weighted by Gasteiger charge is -2.27. The molecule has 0 saturated heterocycles. The number of ether oxygens (including phenoxy) is 1. The first-order valence-electron chi connectivity index (χ1n) is 8.20. The fourth-order valence-electron chi connectivity index (χ4n) is 2.57. The quantitative estimate of drug-likeness (QED) is 0.586. The number of benzene rings is 1. The summed E-state index contributed by atoms with van der Waals surface area (Å²) in [6, 6.07) is 8.27. The van der Waals surface area contributed by atoms with Crippen molar-refractivity contribution in [3.63, 3.8) is 0 Å². The molecule has 2 rings (SSSR count). The third kappa shape index (κ3) is 5.44. The van der Waals surface area contributed by atoms with Crippen molar-refractivity contribution in [2.45, 2.75) is 19.5 Å². The number of aromatic nitrogens is 1. The molecule has 0 aliphatic carbocycles. The van der Waals surface area contributed by atoms with Gasteiger partial charge in [-0.3, -0.25) is 4.99 Å². The highest BCUT2D eigenvalue weighted by Gasteiger charge is 2.18. The van der Waals surface area contributed by atoms with E-state index < -0.39 is 0 Å². The van der Waals surface area contributed by atoms with E-state index in [2.05, 4.69) is 52.6 Å². The molecule has 1 aromatic carbocycles. The van der Waals surface area contributed by atoms with E-state index in [4.69, 9.17) is 4.74 Å². The van der Waals surface area contributed by atoms with Crippen molar-refractivity contribution in [2.24, 2.45) is 4.99 Å². The molecule has 1 heterocycles. The van der Waals surface area contributed by atoms with Crippen LogP contribution in [0.15, 0.2) is 35.5 Å². The number of aliphatic imine (C=N–C) groups is 1. The molecular weight excluding hydrogens is 334 g/mol. The van der Waals surface area contributed by atoms with Gasteiger partial charge in [-0.05, 0) is 27.1 Å². The Labute approximate surface area is 154 Å². The Morgan fingerprint density at radius 1 is 1.32 bits per heavy atom. The summed E-state index contributed by atoms with van der Waals surface area (Å²) in [4.78, 5) is 12.0. The number of para-hydroxylation sites is 1. The second kappa shape index (κ2) is 9.39. The molecule has 0 radical (unpaired) electrons. The molecule has 0 aliphatic rings. The predicted octanol–water partition coefficient (Wildman–Crippen LogP) is 2.43. The maximum Gasteiger partial charge on any atom is 0.191 e. The van der Waals surface area contributed by atoms with Crippen molar-refractivity contribution >= 4 is 17.3 Å². The zero-order valence-electron chi connectivity index (χ0n) is 15.5. The average Bonchev–Trinajstić information content (AvgIpc) is 3.03.